The van der Waals surface area contributed by atoms with Gasteiger partial charge in [0.1, 0.15) is 23.7 Å². The number of aliphatic hydroxyl groups is 1. The van der Waals surface area contributed by atoms with Crippen LogP contribution in [0.3, 0.4) is 0 Å². The Labute approximate surface area is 202 Å². The summed E-state index contributed by atoms with van der Waals surface area (Å²) < 4.78 is 5.51. The average Bonchev–Trinajstić information content (AvgIpc) is 3.25. The number of furan rings is 1. The monoisotopic (exact) mass is 489 g/mol. The van der Waals surface area contributed by atoms with Gasteiger partial charge in [0.15, 0.2) is 5.76 Å². The first kappa shape index (κ1) is 27.3. The van der Waals surface area contributed by atoms with Crippen molar-refractivity contribution >= 4 is 40.5 Å². The zero-order valence-corrected chi connectivity index (χ0v) is 19.6. The number of primary amides is 1. The van der Waals surface area contributed by atoms with Gasteiger partial charge in [-0.1, -0.05) is 18.2 Å². The maximum absolute atomic E-state index is 12.6. The van der Waals surface area contributed by atoms with Gasteiger partial charge in [0.2, 0.25) is 23.6 Å². The lowest BCUT2D eigenvalue weighted by Gasteiger charge is -2.22. The smallest absolute Gasteiger partial charge is 0.287 e. The highest BCUT2D eigenvalue weighted by molar-refractivity contribution is 5.96. The van der Waals surface area contributed by atoms with Gasteiger partial charge in [0.05, 0.1) is 6.61 Å². The quantitative estimate of drug-likeness (QED) is 0.200. The highest BCUT2D eigenvalue weighted by Gasteiger charge is 2.27. The molecule has 0 saturated carbocycles. The van der Waals surface area contributed by atoms with E-state index in [-0.39, 0.29) is 18.1 Å². The molecule has 0 bridgehead atoms. The number of carbonyl (C=O) groups excluding carboxylic acids is 5. The number of hydrogen-bond acceptors (Lipinski definition) is 7. The summed E-state index contributed by atoms with van der Waals surface area (Å²) in [6.07, 6.45) is 1.20. The fourth-order valence-corrected chi connectivity index (χ4v) is 3.22. The van der Waals surface area contributed by atoms with Gasteiger partial charge < -0.3 is 36.5 Å². The molecule has 1 aromatic heterocycles. The van der Waals surface area contributed by atoms with E-state index in [1.54, 1.807) is 12.1 Å². The second-order valence-corrected chi connectivity index (χ2v) is 8.03. The molecule has 0 fully saturated rings. The van der Waals surface area contributed by atoms with Gasteiger partial charge in [-0.2, -0.15) is 0 Å². The average molecular weight is 490 g/mol. The number of rotatable bonds is 13. The molecule has 0 spiro atoms. The fraction of sp³-hybridized carbons (Fsp3) is 0.435. The highest BCUT2D eigenvalue weighted by atomic mass is 16.3. The first-order valence-electron chi connectivity index (χ1n) is 11.2. The third-order valence-electron chi connectivity index (χ3n) is 5.15. The number of aliphatic hydroxyl groups excluding tert-OH is 1. The normalized spacial score (nSPS) is 13.3. The highest BCUT2D eigenvalue weighted by Crippen LogP contribution is 2.18. The zero-order valence-electron chi connectivity index (χ0n) is 19.6. The first-order valence-corrected chi connectivity index (χ1v) is 11.2. The van der Waals surface area contributed by atoms with Gasteiger partial charge in [0.25, 0.3) is 5.91 Å². The van der Waals surface area contributed by atoms with Crippen LogP contribution in [0.25, 0.3) is 11.0 Å². The van der Waals surface area contributed by atoms with E-state index in [9.17, 15) is 29.1 Å². The summed E-state index contributed by atoms with van der Waals surface area (Å²) in [7, 11) is 0. The van der Waals surface area contributed by atoms with Crippen LogP contribution in [0.1, 0.15) is 43.7 Å². The molecule has 2 aromatic rings. The van der Waals surface area contributed by atoms with Crippen molar-refractivity contribution in [3.63, 3.8) is 0 Å². The summed E-state index contributed by atoms with van der Waals surface area (Å²) in [5, 5.41) is 20.2. The lowest BCUT2D eigenvalue weighted by molar-refractivity contribution is -0.133. The SMILES string of the molecule is CC(=O)N[C@@H](CCCCNC(=O)c1cc2ccccc2o1)C(=O)NC(CO)C(=O)N[C@@H](C)C(N)=O. The van der Waals surface area contributed by atoms with Crippen LogP contribution in [0.15, 0.2) is 34.7 Å². The van der Waals surface area contributed by atoms with Crippen LogP contribution >= 0.6 is 0 Å². The molecule has 3 atom stereocenters. The van der Waals surface area contributed by atoms with Crippen molar-refractivity contribution in [3.05, 3.63) is 36.1 Å². The van der Waals surface area contributed by atoms with Gasteiger partial charge in [-0.25, -0.2) is 0 Å². The summed E-state index contributed by atoms with van der Waals surface area (Å²) in [5.41, 5.74) is 5.71. The molecule has 35 heavy (non-hydrogen) atoms. The summed E-state index contributed by atoms with van der Waals surface area (Å²) in [5.74, 6) is -2.85. The van der Waals surface area contributed by atoms with Crippen molar-refractivity contribution in [1.29, 1.82) is 0 Å². The Balaban J connectivity index is 1.83. The van der Waals surface area contributed by atoms with Crippen molar-refractivity contribution in [2.75, 3.05) is 13.2 Å². The van der Waals surface area contributed by atoms with Crippen LogP contribution in [0, 0.1) is 0 Å². The Morgan fingerprint density at radius 1 is 1.00 bits per heavy atom. The van der Waals surface area contributed by atoms with E-state index in [0.29, 0.717) is 25.0 Å². The van der Waals surface area contributed by atoms with E-state index in [2.05, 4.69) is 21.3 Å². The number of benzene rings is 1. The van der Waals surface area contributed by atoms with E-state index >= 15 is 0 Å². The fourth-order valence-electron chi connectivity index (χ4n) is 3.22. The molecule has 0 aliphatic heterocycles. The molecular weight excluding hydrogens is 458 g/mol. The summed E-state index contributed by atoms with van der Waals surface area (Å²) >= 11 is 0. The summed E-state index contributed by atoms with van der Waals surface area (Å²) in [4.78, 5) is 59.7. The molecular formula is C23H31N5O7. The number of carbonyl (C=O) groups is 5. The lowest BCUT2D eigenvalue weighted by Crippen LogP contribution is -2.57. The Morgan fingerprint density at radius 2 is 1.69 bits per heavy atom. The van der Waals surface area contributed by atoms with Crippen molar-refractivity contribution in [3.8, 4) is 0 Å². The maximum atomic E-state index is 12.6. The summed E-state index contributed by atoms with van der Waals surface area (Å²) in [6, 6.07) is 5.63. The number of para-hydroxylation sites is 1. The molecule has 0 aliphatic rings. The van der Waals surface area contributed by atoms with Gasteiger partial charge in [-0.05, 0) is 38.3 Å². The van der Waals surface area contributed by atoms with E-state index < -0.39 is 48.4 Å². The first-order chi connectivity index (χ1) is 16.6. The van der Waals surface area contributed by atoms with Gasteiger partial charge in [-0.15, -0.1) is 0 Å². The van der Waals surface area contributed by atoms with Crippen LogP contribution in [-0.4, -0.2) is 65.9 Å². The number of nitrogens with one attached hydrogen (secondary N) is 4. The number of amides is 5. The Kier molecular flexibility index (Phi) is 10.2. The van der Waals surface area contributed by atoms with E-state index in [1.165, 1.54) is 13.8 Å². The lowest BCUT2D eigenvalue weighted by atomic mass is 10.1. The topological polar surface area (TPSA) is 193 Å². The molecule has 5 amide bonds. The standard InChI is InChI=1S/C23H31N5O7/c1-13(20(24)31)26-22(33)17(12-29)28-21(32)16(27-14(2)30)8-5-6-10-25-23(34)19-11-15-7-3-4-9-18(15)35-19/h3-4,7,9,11,13,16-17,29H,5-6,8,10,12H2,1-2H3,(H2,24,31)(H,25,34)(H,26,33)(H,27,30)(H,28,32)/t13-,16-,17?/m0/s1. The minimum atomic E-state index is -1.33. The van der Waals surface area contributed by atoms with Gasteiger partial charge >= 0.3 is 0 Å². The van der Waals surface area contributed by atoms with Crippen molar-refractivity contribution in [1.82, 2.24) is 21.3 Å². The van der Waals surface area contributed by atoms with Crippen molar-refractivity contribution in [2.24, 2.45) is 5.73 Å². The van der Waals surface area contributed by atoms with Crippen molar-refractivity contribution < 1.29 is 33.5 Å². The second-order valence-electron chi connectivity index (χ2n) is 8.03. The third-order valence-corrected chi connectivity index (χ3v) is 5.15. The van der Waals surface area contributed by atoms with Crippen molar-refractivity contribution in [2.45, 2.75) is 51.2 Å². The zero-order chi connectivity index (χ0) is 26.0. The van der Waals surface area contributed by atoms with Crippen LogP contribution in [0.2, 0.25) is 0 Å². The van der Waals surface area contributed by atoms with Crippen LogP contribution in [0.4, 0.5) is 0 Å². The molecule has 190 valence electrons. The molecule has 2 rings (SSSR count). The minimum Gasteiger partial charge on any atom is -0.451 e. The third kappa shape index (κ3) is 8.41. The number of hydrogen-bond donors (Lipinski definition) is 6. The largest absolute Gasteiger partial charge is 0.451 e. The molecule has 0 aliphatic carbocycles. The second kappa shape index (κ2) is 13.1. The van der Waals surface area contributed by atoms with E-state index in [0.717, 1.165) is 5.39 Å². The van der Waals surface area contributed by atoms with Crippen LogP contribution in [-0.2, 0) is 19.2 Å². The predicted molar refractivity (Wildman–Crippen MR) is 126 cm³/mol. The number of unbranched alkanes of at least 4 members (excludes halogenated alkanes) is 1. The molecule has 12 nitrogen and oxygen atoms in total. The molecule has 7 N–H and O–H groups in total. The Bertz CT molecular complexity index is 1030. The van der Waals surface area contributed by atoms with E-state index in [4.69, 9.17) is 10.2 Å². The Morgan fingerprint density at radius 3 is 2.31 bits per heavy atom. The molecule has 0 radical (unpaired) electrons. The molecule has 1 heterocycles. The number of nitrogens with two attached hydrogens (primary N) is 1. The van der Waals surface area contributed by atoms with Crippen LogP contribution < -0.4 is 27.0 Å². The molecule has 1 aromatic carbocycles. The number of fused-ring (bicyclic) bond motifs is 1. The molecule has 0 saturated heterocycles. The maximum Gasteiger partial charge on any atom is 0.287 e. The van der Waals surface area contributed by atoms with Gasteiger partial charge in [-0.3, -0.25) is 24.0 Å². The predicted octanol–water partition coefficient (Wildman–Crippen LogP) is -0.695. The van der Waals surface area contributed by atoms with Crippen LogP contribution in [0.5, 0.6) is 0 Å². The van der Waals surface area contributed by atoms with E-state index in [1.807, 2.05) is 18.2 Å². The Hall–Kier alpha value is -3.93. The molecule has 1 unspecified atom stereocenters. The molecule has 12 heteroatoms. The summed E-state index contributed by atoms with van der Waals surface area (Å²) in [6.45, 7) is 2.21. The minimum absolute atomic E-state index is 0.195. The van der Waals surface area contributed by atoms with Gasteiger partial charge in [0, 0.05) is 18.9 Å².